The first-order chi connectivity index (χ1) is 40.0. The second-order valence-corrected chi connectivity index (χ2v) is 24.5. The molecule has 470 valence electrons. The van der Waals surface area contributed by atoms with Gasteiger partial charge in [-0.05, 0) is 96.3 Å². The molecule has 0 amide bonds. The number of quaternary nitrogens is 1. The van der Waals surface area contributed by atoms with Crippen molar-refractivity contribution in [2.24, 2.45) is 0 Å². The van der Waals surface area contributed by atoms with E-state index in [2.05, 4.69) is 135 Å². The number of phosphoric ester groups is 1. The highest BCUT2D eigenvalue weighted by Crippen LogP contribution is 2.38. The molecule has 0 aliphatic carbocycles. The van der Waals surface area contributed by atoms with Gasteiger partial charge in [-0.3, -0.25) is 14.2 Å². The molecule has 0 aromatic carbocycles. The molecule has 0 rings (SSSR count). The number of nitrogens with zero attached hydrogens (tertiary/aromatic N) is 1. The summed E-state index contributed by atoms with van der Waals surface area (Å²) in [6.45, 7) is 3.95. The Balaban J connectivity index is 3.96. The molecule has 0 heterocycles. The van der Waals surface area contributed by atoms with E-state index in [9.17, 15) is 19.0 Å². The first kappa shape index (κ1) is 78.4. The maximum atomic E-state index is 12.8. The number of allylic oxidation sites excluding steroid dienone is 20. The number of hydrogen-bond donors (Lipinski definition) is 0. The van der Waals surface area contributed by atoms with Gasteiger partial charge >= 0.3 is 11.9 Å². The van der Waals surface area contributed by atoms with Crippen LogP contribution < -0.4 is 4.89 Å². The van der Waals surface area contributed by atoms with Crippen LogP contribution in [0.1, 0.15) is 271 Å². The van der Waals surface area contributed by atoms with Gasteiger partial charge in [-0.1, -0.05) is 283 Å². The third-order valence-corrected chi connectivity index (χ3v) is 14.9. The fraction of sp³-hybridized carbons (Fsp3) is 0.694. The lowest BCUT2D eigenvalue weighted by atomic mass is 10.0. The van der Waals surface area contributed by atoms with Gasteiger partial charge in [0.2, 0.25) is 0 Å². The van der Waals surface area contributed by atoms with Crippen molar-refractivity contribution < 1.29 is 42.1 Å². The highest BCUT2D eigenvalue weighted by atomic mass is 31.2. The number of carbonyl (C=O) groups is 2. The van der Waals surface area contributed by atoms with E-state index >= 15 is 0 Å². The normalized spacial score (nSPS) is 14.0. The molecule has 0 fully saturated rings. The van der Waals surface area contributed by atoms with Gasteiger partial charge < -0.3 is 27.9 Å². The van der Waals surface area contributed by atoms with Crippen molar-refractivity contribution >= 4 is 19.8 Å². The Morgan fingerprint density at radius 2 is 0.671 bits per heavy atom. The number of carbonyl (C=O) groups excluding carboxylic acids is 2. The Bertz CT molecular complexity index is 1800. The molecule has 0 saturated carbocycles. The molecule has 82 heavy (non-hydrogen) atoms. The predicted molar refractivity (Wildman–Crippen MR) is 351 cm³/mol. The van der Waals surface area contributed by atoms with Crippen LogP contribution in [0.4, 0.5) is 0 Å². The molecule has 2 atom stereocenters. The summed E-state index contributed by atoms with van der Waals surface area (Å²) >= 11 is 0. The van der Waals surface area contributed by atoms with Gasteiger partial charge in [-0.2, -0.15) is 0 Å². The largest absolute Gasteiger partial charge is 0.756 e. The Kier molecular flexibility index (Phi) is 59.2. The summed E-state index contributed by atoms with van der Waals surface area (Å²) in [7, 11) is 1.13. The van der Waals surface area contributed by atoms with Crippen LogP contribution in [-0.2, 0) is 32.7 Å². The van der Waals surface area contributed by atoms with E-state index in [1.165, 1.54) is 141 Å². The van der Waals surface area contributed by atoms with Crippen LogP contribution in [0.25, 0.3) is 0 Å². The van der Waals surface area contributed by atoms with Gasteiger partial charge in [0.05, 0.1) is 27.7 Å². The topological polar surface area (TPSA) is 111 Å². The fourth-order valence-electron chi connectivity index (χ4n) is 8.96. The number of ether oxygens (including phenoxy) is 2. The van der Waals surface area contributed by atoms with Crippen LogP contribution in [0.5, 0.6) is 0 Å². The van der Waals surface area contributed by atoms with Crippen molar-refractivity contribution in [1.82, 2.24) is 0 Å². The van der Waals surface area contributed by atoms with E-state index in [0.29, 0.717) is 23.9 Å². The lowest BCUT2D eigenvalue weighted by molar-refractivity contribution is -0.870. The number of likely N-dealkylation sites (N-methyl/N-ethyl adjacent to an activating group) is 1. The van der Waals surface area contributed by atoms with E-state index in [1.54, 1.807) is 0 Å². The van der Waals surface area contributed by atoms with E-state index in [-0.39, 0.29) is 26.1 Å². The van der Waals surface area contributed by atoms with E-state index in [4.69, 9.17) is 18.5 Å². The van der Waals surface area contributed by atoms with Gasteiger partial charge in [0, 0.05) is 12.8 Å². The molecule has 0 radical (unpaired) electrons. The minimum atomic E-state index is -4.65. The minimum Gasteiger partial charge on any atom is -0.756 e. The minimum absolute atomic E-state index is 0.0431. The summed E-state index contributed by atoms with van der Waals surface area (Å²) in [5.41, 5.74) is 0. The van der Waals surface area contributed by atoms with Crippen molar-refractivity contribution in [2.45, 2.75) is 277 Å². The average molecular weight is 1160 g/mol. The van der Waals surface area contributed by atoms with Crippen molar-refractivity contribution in [3.8, 4) is 0 Å². The highest BCUT2D eigenvalue weighted by molar-refractivity contribution is 7.45. The number of unbranched alkanes of at least 4 members (excludes halogenated alkanes) is 26. The van der Waals surface area contributed by atoms with Crippen LogP contribution in [0.3, 0.4) is 0 Å². The zero-order valence-corrected chi connectivity index (χ0v) is 54.3. The summed E-state index contributed by atoms with van der Waals surface area (Å²) in [4.78, 5) is 37.9. The molecule has 10 heteroatoms. The molecule has 0 bridgehead atoms. The third-order valence-electron chi connectivity index (χ3n) is 14.0. The monoisotopic (exact) mass is 1160 g/mol. The van der Waals surface area contributed by atoms with Gasteiger partial charge in [0.15, 0.2) is 6.10 Å². The molecule has 0 N–H and O–H groups in total. The van der Waals surface area contributed by atoms with Crippen LogP contribution in [-0.4, -0.2) is 70.0 Å². The molecular weight excluding hydrogens is 1040 g/mol. The molecule has 0 aliphatic heterocycles. The first-order valence-corrected chi connectivity index (χ1v) is 34.7. The van der Waals surface area contributed by atoms with Gasteiger partial charge in [-0.15, -0.1) is 0 Å². The molecule has 0 aromatic rings. The van der Waals surface area contributed by atoms with Crippen molar-refractivity contribution in [3.05, 3.63) is 122 Å². The van der Waals surface area contributed by atoms with E-state index < -0.39 is 32.5 Å². The lowest BCUT2D eigenvalue weighted by Crippen LogP contribution is -2.37. The van der Waals surface area contributed by atoms with E-state index in [1.807, 2.05) is 21.1 Å². The number of esters is 2. The van der Waals surface area contributed by atoms with Gasteiger partial charge in [-0.25, -0.2) is 0 Å². The lowest BCUT2D eigenvalue weighted by Gasteiger charge is -2.28. The third kappa shape index (κ3) is 65.6. The SMILES string of the molecule is CC/C=C\C/C=C\C/C=C\C/C=C\C/C=C\CCCCCCCCCCCCCCCCCCCCCCCCCCCC(=O)OC(COC(=O)CCC/C=C\C/C=C\C/C=C\C/C=C\C/C=C\CC)COP(=O)([O-])OCC[N+](C)(C)C. The van der Waals surface area contributed by atoms with E-state index in [0.717, 1.165) is 89.9 Å². The molecule has 9 nitrogen and oxygen atoms in total. The number of phosphoric acid groups is 1. The van der Waals surface area contributed by atoms with Crippen LogP contribution >= 0.6 is 7.82 Å². The second kappa shape index (κ2) is 62.0. The van der Waals surface area contributed by atoms with Crippen LogP contribution in [0.2, 0.25) is 0 Å². The van der Waals surface area contributed by atoms with Crippen molar-refractivity contribution in [1.29, 1.82) is 0 Å². The Labute approximate surface area is 505 Å². The van der Waals surface area contributed by atoms with Gasteiger partial charge in [0.1, 0.15) is 19.8 Å². The highest BCUT2D eigenvalue weighted by Gasteiger charge is 2.22. The summed E-state index contributed by atoms with van der Waals surface area (Å²) < 4.78 is 34.1. The molecule has 2 unspecified atom stereocenters. The summed E-state index contributed by atoms with van der Waals surface area (Å²) in [5, 5.41) is 0. The van der Waals surface area contributed by atoms with Crippen LogP contribution in [0.15, 0.2) is 122 Å². The van der Waals surface area contributed by atoms with Crippen molar-refractivity contribution in [3.63, 3.8) is 0 Å². The summed E-state index contributed by atoms with van der Waals surface area (Å²) in [6, 6.07) is 0. The quantitative estimate of drug-likeness (QED) is 0.0195. The smallest absolute Gasteiger partial charge is 0.306 e. The van der Waals surface area contributed by atoms with Crippen molar-refractivity contribution in [2.75, 3.05) is 47.5 Å². The predicted octanol–water partition coefficient (Wildman–Crippen LogP) is 20.9. The Morgan fingerprint density at radius 1 is 0.378 bits per heavy atom. The molecular formula is C72H124NO8P. The average Bonchev–Trinajstić information content (AvgIpc) is 3.45. The molecule has 0 aliphatic rings. The summed E-state index contributed by atoms with van der Waals surface area (Å²) in [6.07, 6.45) is 88.8. The van der Waals surface area contributed by atoms with Crippen LogP contribution in [0, 0.1) is 0 Å². The Hall–Kier alpha value is -3.59. The second-order valence-electron chi connectivity index (χ2n) is 23.1. The maximum Gasteiger partial charge on any atom is 0.306 e. The first-order valence-electron chi connectivity index (χ1n) is 33.2. The number of rotatable bonds is 60. The molecule has 0 saturated heterocycles. The number of hydrogen-bond acceptors (Lipinski definition) is 8. The molecule has 0 aromatic heterocycles. The maximum absolute atomic E-state index is 12.8. The molecule has 0 spiro atoms. The standard InChI is InChI=1S/C72H124NO8P/c1-6-8-10-12-14-16-18-20-22-24-25-26-27-28-29-30-31-32-33-34-35-36-37-38-39-40-41-42-43-44-45-46-47-49-51-53-55-57-59-61-63-65-72(75)81-70(69-80-82(76,77)79-67-66-73(3,4)5)68-78-71(74)64-62-60-58-56-54-52-50-48-23-21-19-17-15-13-11-9-7-2/h8-11,14-17,20-23,25-26,28-29,50,52,56,58,70H,6-7,12-13,18-19,24,27,30-49,51,53-55,57,59-69H2,1-5H3/b10-8-,11-9-,16-14-,17-15-,22-20-,23-21-,26-25-,29-28-,52-50-,58-56-. The Morgan fingerprint density at radius 3 is 1.01 bits per heavy atom. The summed E-state index contributed by atoms with van der Waals surface area (Å²) in [5.74, 6) is -0.899. The fourth-order valence-corrected chi connectivity index (χ4v) is 9.68. The van der Waals surface area contributed by atoms with Gasteiger partial charge in [0.25, 0.3) is 7.82 Å². The zero-order valence-electron chi connectivity index (χ0n) is 53.4. The zero-order chi connectivity index (χ0) is 59.8.